The summed E-state index contributed by atoms with van der Waals surface area (Å²) in [6.07, 6.45) is 1.58. The minimum absolute atomic E-state index is 0.262. The van der Waals surface area contributed by atoms with Crippen molar-refractivity contribution >= 4 is 28.1 Å². The number of benzene rings is 2. The summed E-state index contributed by atoms with van der Waals surface area (Å²) in [5, 5.41) is 3.93. The van der Waals surface area contributed by atoms with Crippen molar-refractivity contribution in [2.45, 2.75) is 0 Å². The van der Waals surface area contributed by atoms with Gasteiger partial charge in [0.1, 0.15) is 5.75 Å². The van der Waals surface area contributed by atoms with Gasteiger partial charge >= 0.3 is 0 Å². The highest BCUT2D eigenvalue weighted by Crippen LogP contribution is 2.15. The van der Waals surface area contributed by atoms with Crippen LogP contribution in [0.3, 0.4) is 0 Å². The van der Waals surface area contributed by atoms with Crippen molar-refractivity contribution in [3.8, 4) is 5.75 Å². The molecule has 2 aromatic rings. The maximum absolute atomic E-state index is 11.9. The number of rotatable bonds is 4. The summed E-state index contributed by atoms with van der Waals surface area (Å²) in [5.41, 5.74) is 3.90. The van der Waals surface area contributed by atoms with E-state index in [1.54, 1.807) is 25.5 Å². The van der Waals surface area contributed by atoms with Gasteiger partial charge in [0, 0.05) is 4.47 Å². The highest BCUT2D eigenvalue weighted by atomic mass is 79.9. The molecule has 0 aliphatic carbocycles. The number of methoxy groups -OCH3 is 1. The molecule has 1 N–H and O–H groups in total. The predicted molar refractivity (Wildman–Crippen MR) is 82.2 cm³/mol. The average Bonchev–Trinajstić information content (AvgIpc) is 2.48. The molecule has 1 amide bonds. The van der Waals surface area contributed by atoms with Gasteiger partial charge < -0.3 is 4.74 Å². The lowest BCUT2D eigenvalue weighted by Gasteiger charge is -2.02. The molecule has 0 saturated carbocycles. The topological polar surface area (TPSA) is 50.7 Å². The summed E-state index contributed by atoms with van der Waals surface area (Å²) >= 11 is 3.32. The van der Waals surface area contributed by atoms with E-state index in [9.17, 15) is 4.79 Å². The fourth-order valence-electron chi connectivity index (χ4n) is 1.56. The van der Waals surface area contributed by atoms with Gasteiger partial charge in [0.15, 0.2) is 0 Å². The van der Waals surface area contributed by atoms with Crippen LogP contribution in [0.2, 0.25) is 0 Å². The molecular formula is C15H13BrN2O2. The summed E-state index contributed by atoms with van der Waals surface area (Å²) in [7, 11) is 1.61. The smallest absolute Gasteiger partial charge is 0.272 e. The Bertz CT molecular complexity index is 624. The molecule has 102 valence electrons. The second-order valence-corrected chi connectivity index (χ2v) is 4.81. The van der Waals surface area contributed by atoms with Crippen LogP contribution in [0, 0.1) is 0 Å². The molecule has 5 heteroatoms. The first-order chi connectivity index (χ1) is 9.70. The van der Waals surface area contributed by atoms with Crippen molar-refractivity contribution in [1.29, 1.82) is 0 Å². The van der Waals surface area contributed by atoms with E-state index in [4.69, 9.17) is 4.74 Å². The zero-order valence-corrected chi connectivity index (χ0v) is 12.4. The maximum Gasteiger partial charge on any atom is 0.272 e. The SMILES string of the molecule is COc1ccc(/C=N/NC(=O)c2ccccc2Br)cc1. The molecule has 2 rings (SSSR count). The van der Waals surface area contributed by atoms with Crippen molar-refractivity contribution < 1.29 is 9.53 Å². The van der Waals surface area contributed by atoms with Gasteiger partial charge in [0.25, 0.3) is 5.91 Å². The number of halogens is 1. The van der Waals surface area contributed by atoms with Crippen molar-refractivity contribution in [1.82, 2.24) is 5.43 Å². The maximum atomic E-state index is 11.9. The second kappa shape index (κ2) is 6.86. The van der Waals surface area contributed by atoms with Crippen LogP contribution in [-0.2, 0) is 0 Å². The lowest BCUT2D eigenvalue weighted by atomic mass is 10.2. The molecule has 0 bridgehead atoms. The Hall–Kier alpha value is -2.14. The van der Waals surface area contributed by atoms with Crippen LogP contribution in [0.25, 0.3) is 0 Å². The Labute approximate surface area is 125 Å². The van der Waals surface area contributed by atoms with Gasteiger partial charge in [0.05, 0.1) is 18.9 Å². The van der Waals surface area contributed by atoms with Crippen LogP contribution >= 0.6 is 15.9 Å². The number of nitrogens with one attached hydrogen (secondary N) is 1. The van der Waals surface area contributed by atoms with Gasteiger partial charge in [0.2, 0.25) is 0 Å². The van der Waals surface area contributed by atoms with Gasteiger partial charge in [-0.15, -0.1) is 0 Å². The minimum Gasteiger partial charge on any atom is -0.497 e. The van der Waals surface area contributed by atoms with E-state index in [1.807, 2.05) is 36.4 Å². The number of amides is 1. The average molecular weight is 333 g/mol. The van der Waals surface area contributed by atoms with Crippen molar-refractivity contribution in [2.24, 2.45) is 5.10 Å². The molecule has 0 aliphatic rings. The first-order valence-corrected chi connectivity index (χ1v) is 6.72. The Morgan fingerprint density at radius 1 is 1.20 bits per heavy atom. The number of hydrazone groups is 1. The Morgan fingerprint density at radius 2 is 1.90 bits per heavy atom. The van der Waals surface area contributed by atoms with Gasteiger partial charge in [-0.05, 0) is 57.9 Å². The highest BCUT2D eigenvalue weighted by molar-refractivity contribution is 9.10. The molecule has 4 nitrogen and oxygen atoms in total. The summed E-state index contributed by atoms with van der Waals surface area (Å²) in [4.78, 5) is 11.9. The van der Waals surface area contributed by atoms with Crippen LogP contribution in [0.5, 0.6) is 5.75 Å². The third-order valence-electron chi connectivity index (χ3n) is 2.61. The zero-order chi connectivity index (χ0) is 14.4. The van der Waals surface area contributed by atoms with Crippen LogP contribution in [-0.4, -0.2) is 19.2 Å². The van der Waals surface area contributed by atoms with Crippen LogP contribution < -0.4 is 10.2 Å². The van der Waals surface area contributed by atoms with Gasteiger partial charge in [-0.3, -0.25) is 4.79 Å². The number of nitrogens with zero attached hydrogens (tertiary/aromatic N) is 1. The molecule has 0 atom stereocenters. The number of carbonyl (C=O) groups excluding carboxylic acids is 1. The second-order valence-electron chi connectivity index (χ2n) is 3.95. The van der Waals surface area contributed by atoms with E-state index < -0.39 is 0 Å². The van der Waals surface area contributed by atoms with Crippen LogP contribution in [0.4, 0.5) is 0 Å². The van der Waals surface area contributed by atoms with Gasteiger partial charge in [-0.25, -0.2) is 5.43 Å². The molecule has 0 aromatic heterocycles. The molecule has 0 spiro atoms. The largest absolute Gasteiger partial charge is 0.497 e. The van der Waals surface area contributed by atoms with Gasteiger partial charge in [-0.2, -0.15) is 5.10 Å². The Balaban J connectivity index is 1.99. The number of carbonyl (C=O) groups is 1. The number of hydrogen-bond donors (Lipinski definition) is 1. The van der Waals surface area contributed by atoms with E-state index in [1.165, 1.54) is 0 Å². The van der Waals surface area contributed by atoms with E-state index >= 15 is 0 Å². The molecule has 2 aromatic carbocycles. The molecule has 0 unspecified atom stereocenters. The quantitative estimate of drug-likeness (QED) is 0.690. The number of ether oxygens (including phenoxy) is 1. The molecule has 0 radical (unpaired) electrons. The normalized spacial score (nSPS) is 10.5. The van der Waals surface area contributed by atoms with Gasteiger partial charge in [-0.1, -0.05) is 12.1 Å². The lowest BCUT2D eigenvalue weighted by Crippen LogP contribution is -2.18. The first kappa shape index (κ1) is 14.3. The number of hydrogen-bond acceptors (Lipinski definition) is 3. The summed E-state index contributed by atoms with van der Waals surface area (Å²) in [6, 6.07) is 14.5. The molecule has 0 aliphatic heterocycles. The fourth-order valence-corrected chi connectivity index (χ4v) is 2.03. The molecule has 0 heterocycles. The zero-order valence-electron chi connectivity index (χ0n) is 10.8. The molecule has 20 heavy (non-hydrogen) atoms. The predicted octanol–water partition coefficient (Wildman–Crippen LogP) is 3.22. The molecular weight excluding hydrogens is 320 g/mol. The van der Waals surface area contributed by atoms with Crippen molar-refractivity contribution in [3.63, 3.8) is 0 Å². The third kappa shape index (κ3) is 3.68. The monoisotopic (exact) mass is 332 g/mol. The Kier molecular flexibility index (Phi) is 4.90. The van der Waals surface area contributed by atoms with E-state index in [-0.39, 0.29) is 5.91 Å². The molecule has 0 saturated heterocycles. The van der Waals surface area contributed by atoms with Crippen molar-refractivity contribution in [3.05, 3.63) is 64.1 Å². The van der Waals surface area contributed by atoms with E-state index in [0.29, 0.717) is 5.56 Å². The fraction of sp³-hybridized carbons (Fsp3) is 0.0667. The van der Waals surface area contributed by atoms with E-state index in [2.05, 4.69) is 26.5 Å². The van der Waals surface area contributed by atoms with Crippen LogP contribution in [0.1, 0.15) is 15.9 Å². The summed E-state index contributed by atoms with van der Waals surface area (Å²) in [5.74, 6) is 0.515. The summed E-state index contributed by atoms with van der Waals surface area (Å²) in [6.45, 7) is 0. The summed E-state index contributed by atoms with van der Waals surface area (Å²) < 4.78 is 5.80. The Morgan fingerprint density at radius 3 is 2.55 bits per heavy atom. The standard InChI is InChI=1S/C15H13BrN2O2/c1-20-12-8-6-11(7-9-12)10-17-18-15(19)13-4-2-3-5-14(13)16/h2-10H,1H3,(H,18,19)/b17-10+. The van der Waals surface area contributed by atoms with E-state index in [0.717, 1.165) is 15.8 Å². The first-order valence-electron chi connectivity index (χ1n) is 5.92. The lowest BCUT2D eigenvalue weighted by molar-refractivity contribution is 0.0954. The highest BCUT2D eigenvalue weighted by Gasteiger charge is 2.07. The molecule has 0 fully saturated rings. The van der Waals surface area contributed by atoms with Crippen molar-refractivity contribution in [2.75, 3.05) is 7.11 Å². The van der Waals surface area contributed by atoms with Crippen LogP contribution in [0.15, 0.2) is 58.1 Å². The third-order valence-corrected chi connectivity index (χ3v) is 3.31. The minimum atomic E-state index is -0.262.